The molecule has 9 heteroatoms. The summed E-state index contributed by atoms with van der Waals surface area (Å²) in [5.41, 5.74) is 5.30. The maximum absolute atomic E-state index is 11.6. The Hall–Kier alpha value is -0.700. The Bertz CT molecular complexity index is 389. The van der Waals surface area contributed by atoms with Gasteiger partial charge in [-0.05, 0) is 12.8 Å². The Balaban J connectivity index is 0.00000264. The first-order valence-electron chi connectivity index (χ1n) is 7.94. The van der Waals surface area contributed by atoms with Gasteiger partial charge < -0.3 is 26.4 Å². The lowest BCUT2D eigenvalue weighted by atomic mass is 10.0. The predicted molar refractivity (Wildman–Crippen MR) is 94.1 cm³/mol. The van der Waals surface area contributed by atoms with Crippen LogP contribution < -0.4 is 21.7 Å². The number of ether oxygens (including phenoxy) is 1. The number of amides is 3. The van der Waals surface area contributed by atoms with Crippen molar-refractivity contribution in [2.45, 2.75) is 43.0 Å². The minimum absolute atomic E-state index is 0. The van der Waals surface area contributed by atoms with Crippen molar-refractivity contribution in [3.05, 3.63) is 0 Å². The molecule has 0 spiro atoms. The number of halogens is 1. The van der Waals surface area contributed by atoms with Crippen molar-refractivity contribution in [3.8, 4) is 0 Å². The normalized spacial score (nSPS) is 25.3. The van der Waals surface area contributed by atoms with E-state index in [9.17, 15) is 9.59 Å². The van der Waals surface area contributed by atoms with Crippen molar-refractivity contribution >= 4 is 36.1 Å². The Labute approximate surface area is 147 Å². The van der Waals surface area contributed by atoms with Crippen LogP contribution in [-0.4, -0.2) is 61.3 Å². The molecule has 0 aliphatic carbocycles. The second kappa shape index (κ2) is 11.0. The van der Waals surface area contributed by atoms with Gasteiger partial charge in [-0.1, -0.05) is 6.42 Å². The number of nitrogens with one attached hydrogen (secondary N) is 3. The summed E-state index contributed by atoms with van der Waals surface area (Å²) in [7, 11) is 0. The lowest BCUT2D eigenvalue weighted by Crippen LogP contribution is -2.36. The summed E-state index contributed by atoms with van der Waals surface area (Å²) in [6.07, 6.45) is 3.48. The highest BCUT2D eigenvalue weighted by atomic mass is 35.5. The number of rotatable bonds is 10. The van der Waals surface area contributed by atoms with Gasteiger partial charge in [0.15, 0.2) is 0 Å². The van der Waals surface area contributed by atoms with Crippen molar-refractivity contribution in [1.82, 2.24) is 16.0 Å². The Morgan fingerprint density at radius 2 is 2.17 bits per heavy atom. The fraction of sp³-hybridized carbons (Fsp3) is 0.857. The van der Waals surface area contributed by atoms with Gasteiger partial charge >= 0.3 is 6.03 Å². The van der Waals surface area contributed by atoms with Crippen LogP contribution in [0.5, 0.6) is 0 Å². The smallest absolute Gasteiger partial charge is 0.315 e. The van der Waals surface area contributed by atoms with Crippen LogP contribution in [0.4, 0.5) is 4.79 Å². The van der Waals surface area contributed by atoms with E-state index in [1.807, 2.05) is 11.8 Å². The first-order chi connectivity index (χ1) is 10.7. The van der Waals surface area contributed by atoms with Gasteiger partial charge in [0.05, 0.1) is 25.3 Å². The molecular weight excluding hydrogens is 340 g/mol. The molecule has 5 N–H and O–H groups in total. The van der Waals surface area contributed by atoms with Gasteiger partial charge in [0.2, 0.25) is 5.91 Å². The van der Waals surface area contributed by atoms with Gasteiger partial charge in [-0.2, -0.15) is 11.8 Å². The molecule has 0 radical (unpaired) electrons. The van der Waals surface area contributed by atoms with Crippen molar-refractivity contribution in [2.75, 3.05) is 32.1 Å². The average Bonchev–Trinajstić information content (AvgIpc) is 3.03. The van der Waals surface area contributed by atoms with E-state index in [1.165, 1.54) is 0 Å². The number of hydrogen-bond donors (Lipinski definition) is 4. The monoisotopic (exact) mass is 366 g/mol. The maximum atomic E-state index is 11.6. The van der Waals surface area contributed by atoms with Crippen LogP contribution in [0.3, 0.4) is 0 Å². The molecule has 3 atom stereocenters. The topological polar surface area (TPSA) is 105 Å². The average molecular weight is 367 g/mol. The number of carbonyl (C=O) groups is 2. The van der Waals surface area contributed by atoms with Gasteiger partial charge in [-0.15, -0.1) is 12.4 Å². The van der Waals surface area contributed by atoms with E-state index < -0.39 is 0 Å². The quantitative estimate of drug-likeness (QED) is 0.327. The number of nitrogens with two attached hydrogens (primary N) is 1. The Morgan fingerprint density at radius 1 is 1.35 bits per heavy atom. The van der Waals surface area contributed by atoms with Crippen molar-refractivity contribution in [1.29, 1.82) is 0 Å². The fourth-order valence-corrected chi connectivity index (χ4v) is 4.35. The Kier molecular flexibility index (Phi) is 9.69. The third kappa shape index (κ3) is 6.74. The molecule has 0 saturated carbocycles. The molecule has 7 nitrogen and oxygen atoms in total. The van der Waals surface area contributed by atoms with E-state index >= 15 is 0 Å². The zero-order chi connectivity index (χ0) is 15.8. The van der Waals surface area contributed by atoms with Crippen LogP contribution in [0, 0.1) is 0 Å². The van der Waals surface area contributed by atoms with Crippen LogP contribution in [0.25, 0.3) is 0 Å². The number of thioether (sulfide) groups is 1. The first kappa shape index (κ1) is 20.3. The molecule has 2 heterocycles. The number of fused-ring (bicyclic) bond motifs is 1. The molecule has 23 heavy (non-hydrogen) atoms. The predicted octanol–water partition coefficient (Wildman–Crippen LogP) is 0.226. The summed E-state index contributed by atoms with van der Waals surface area (Å²) in [5, 5.41) is 9.23. The minimum atomic E-state index is -0.0449. The van der Waals surface area contributed by atoms with Gasteiger partial charge in [-0.25, -0.2) is 4.79 Å². The van der Waals surface area contributed by atoms with E-state index in [-0.39, 0.29) is 36.4 Å². The van der Waals surface area contributed by atoms with Gasteiger partial charge in [0, 0.05) is 30.5 Å². The summed E-state index contributed by atoms with van der Waals surface area (Å²) in [5.74, 6) is 1.06. The molecule has 2 fully saturated rings. The number of hydrogen-bond acceptors (Lipinski definition) is 5. The largest absolute Gasteiger partial charge is 0.378 e. The second-order valence-electron chi connectivity index (χ2n) is 5.62. The molecule has 2 aliphatic heterocycles. The fourth-order valence-electron chi connectivity index (χ4n) is 2.81. The molecule has 134 valence electrons. The minimum Gasteiger partial charge on any atom is -0.378 e. The van der Waals surface area contributed by atoms with Crippen LogP contribution in [0.1, 0.15) is 25.7 Å². The highest BCUT2D eigenvalue weighted by Crippen LogP contribution is 2.33. The highest BCUT2D eigenvalue weighted by Gasteiger charge is 2.42. The van der Waals surface area contributed by atoms with E-state index in [4.69, 9.17) is 10.5 Å². The van der Waals surface area contributed by atoms with Crippen molar-refractivity contribution < 1.29 is 14.3 Å². The summed E-state index contributed by atoms with van der Waals surface area (Å²) >= 11 is 1.91. The van der Waals surface area contributed by atoms with Crippen LogP contribution >= 0.6 is 24.2 Å². The molecule has 2 rings (SSSR count). The van der Waals surface area contributed by atoms with Crippen LogP contribution in [-0.2, 0) is 9.53 Å². The highest BCUT2D eigenvalue weighted by molar-refractivity contribution is 8.00. The standard InChI is InChI=1S/C14H26N4O3S.ClH/c15-5-7-21-8-6-16-12(19)4-2-1-3-11-13-10(9-22-11)17-14(20)18-13;/h10-11,13H,1-9,15H2,(H,16,19)(H2,17,18,20);1H/t10-,11-,13-;/m0./s1. The van der Waals surface area contributed by atoms with E-state index in [0.29, 0.717) is 38.0 Å². The van der Waals surface area contributed by atoms with E-state index in [0.717, 1.165) is 25.0 Å². The van der Waals surface area contributed by atoms with Gasteiger partial charge in [0.1, 0.15) is 0 Å². The summed E-state index contributed by atoms with van der Waals surface area (Å²) in [6, 6.07) is 0.488. The van der Waals surface area contributed by atoms with Crippen LogP contribution in [0.2, 0.25) is 0 Å². The third-order valence-electron chi connectivity index (χ3n) is 3.91. The van der Waals surface area contributed by atoms with Crippen LogP contribution in [0.15, 0.2) is 0 Å². The van der Waals surface area contributed by atoms with Gasteiger partial charge in [0.25, 0.3) is 0 Å². The SMILES string of the molecule is Cl.NCCOCCNC(=O)CCCC[C@@H]1SC[C@@H]2NC(=O)N[C@@H]21. The number of carbonyl (C=O) groups excluding carboxylic acids is 2. The lowest BCUT2D eigenvalue weighted by molar-refractivity contribution is -0.121. The summed E-state index contributed by atoms with van der Waals surface area (Å²) in [4.78, 5) is 22.9. The summed E-state index contributed by atoms with van der Waals surface area (Å²) in [6.45, 7) is 2.09. The molecule has 0 bridgehead atoms. The van der Waals surface area contributed by atoms with E-state index in [1.54, 1.807) is 0 Å². The molecule has 2 saturated heterocycles. The number of urea groups is 1. The zero-order valence-corrected chi connectivity index (χ0v) is 14.8. The van der Waals surface area contributed by atoms with Gasteiger partial charge in [-0.3, -0.25) is 4.79 Å². The lowest BCUT2D eigenvalue weighted by Gasteiger charge is -2.16. The molecular formula is C14H27ClN4O3S. The third-order valence-corrected chi connectivity index (χ3v) is 5.42. The zero-order valence-electron chi connectivity index (χ0n) is 13.2. The van der Waals surface area contributed by atoms with Crippen molar-refractivity contribution in [3.63, 3.8) is 0 Å². The molecule has 0 unspecified atom stereocenters. The Morgan fingerprint density at radius 3 is 2.96 bits per heavy atom. The molecule has 0 aromatic carbocycles. The second-order valence-corrected chi connectivity index (χ2v) is 6.89. The summed E-state index contributed by atoms with van der Waals surface area (Å²) < 4.78 is 5.19. The van der Waals surface area contributed by atoms with E-state index in [2.05, 4.69) is 16.0 Å². The molecule has 0 aromatic rings. The number of unbranched alkanes of at least 4 members (excludes halogenated alkanes) is 1. The molecule has 3 amide bonds. The maximum Gasteiger partial charge on any atom is 0.315 e. The van der Waals surface area contributed by atoms with Crippen molar-refractivity contribution in [2.24, 2.45) is 5.73 Å². The molecule has 0 aromatic heterocycles. The molecule has 2 aliphatic rings. The first-order valence-corrected chi connectivity index (χ1v) is 8.98.